The maximum atomic E-state index is 12.8. The molecule has 2 aromatic rings. The second-order valence-corrected chi connectivity index (χ2v) is 8.17. The highest BCUT2D eigenvalue weighted by molar-refractivity contribution is 9.10. The molecule has 5 nitrogen and oxygen atoms in total. The first-order valence-corrected chi connectivity index (χ1v) is 9.61. The Morgan fingerprint density at radius 3 is 2.25 bits per heavy atom. The summed E-state index contributed by atoms with van der Waals surface area (Å²) in [5, 5.41) is 9.15. The van der Waals surface area contributed by atoms with E-state index in [9.17, 15) is 8.42 Å². The molecule has 0 aromatic heterocycles. The number of hydrogen-bond acceptors (Lipinski definition) is 4. The minimum absolute atomic E-state index is 0.104. The van der Waals surface area contributed by atoms with E-state index in [0.717, 1.165) is 15.6 Å². The van der Waals surface area contributed by atoms with E-state index in [0.29, 0.717) is 6.61 Å². The van der Waals surface area contributed by atoms with E-state index in [1.807, 2.05) is 30.3 Å². The highest BCUT2D eigenvalue weighted by Crippen LogP contribution is 2.25. The van der Waals surface area contributed by atoms with Crippen molar-refractivity contribution < 1.29 is 13.2 Å². The molecule has 2 aromatic carbocycles. The van der Waals surface area contributed by atoms with Crippen molar-refractivity contribution in [1.82, 2.24) is 4.31 Å². The predicted octanol–water partition coefficient (Wildman–Crippen LogP) is 3.03. The molecule has 1 aliphatic heterocycles. The third-order valence-corrected chi connectivity index (χ3v) is 6.32. The first-order chi connectivity index (χ1) is 11.5. The Morgan fingerprint density at radius 1 is 1.08 bits per heavy atom. The maximum absolute atomic E-state index is 12.8. The lowest BCUT2D eigenvalue weighted by Gasteiger charge is -2.30. The lowest BCUT2D eigenvalue weighted by Crippen LogP contribution is -2.47. The summed E-state index contributed by atoms with van der Waals surface area (Å²) in [7, 11) is -3.71. The quantitative estimate of drug-likeness (QED) is 0.785. The molecule has 0 aliphatic carbocycles. The van der Waals surface area contributed by atoms with E-state index >= 15 is 0 Å². The molecule has 7 heteroatoms. The predicted molar refractivity (Wildman–Crippen MR) is 93.7 cm³/mol. The molecular formula is C17H15BrN2O3S. The molecule has 1 fully saturated rings. The monoisotopic (exact) mass is 406 g/mol. The topological polar surface area (TPSA) is 70.4 Å². The van der Waals surface area contributed by atoms with Crippen LogP contribution in [0.15, 0.2) is 57.9 Å². The first-order valence-electron chi connectivity index (χ1n) is 7.37. The van der Waals surface area contributed by atoms with Crippen LogP contribution < -0.4 is 0 Å². The smallest absolute Gasteiger partial charge is 0.244 e. The van der Waals surface area contributed by atoms with Gasteiger partial charge in [0.15, 0.2) is 0 Å². The first kappa shape index (κ1) is 17.1. The molecule has 1 saturated heterocycles. The molecule has 0 unspecified atom stereocenters. The van der Waals surface area contributed by atoms with E-state index in [2.05, 4.69) is 15.9 Å². The van der Waals surface area contributed by atoms with Crippen LogP contribution in [0.25, 0.3) is 11.1 Å². The van der Waals surface area contributed by atoms with Gasteiger partial charge >= 0.3 is 0 Å². The van der Waals surface area contributed by atoms with Gasteiger partial charge in [-0.15, -0.1) is 0 Å². The Labute approximate surface area is 149 Å². The molecule has 0 radical (unpaired) electrons. The number of benzene rings is 2. The molecule has 1 aliphatic rings. The summed E-state index contributed by atoms with van der Waals surface area (Å²) in [5.41, 5.74) is 1.93. The molecule has 0 spiro atoms. The highest BCUT2D eigenvalue weighted by Gasteiger charge is 2.34. The van der Waals surface area contributed by atoms with Crippen LogP contribution in [0.1, 0.15) is 0 Å². The van der Waals surface area contributed by atoms with Crippen LogP contribution in [0.5, 0.6) is 0 Å². The fourth-order valence-electron chi connectivity index (χ4n) is 2.57. The molecular weight excluding hydrogens is 392 g/mol. The summed E-state index contributed by atoms with van der Waals surface area (Å²) >= 11 is 3.39. The summed E-state index contributed by atoms with van der Waals surface area (Å²) in [5.74, 6) is 0. The van der Waals surface area contributed by atoms with Crippen molar-refractivity contribution in [2.45, 2.75) is 10.9 Å². The van der Waals surface area contributed by atoms with Gasteiger partial charge in [0.25, 0.3) is 0 Å². The van der Waals surface area contributed by atoms with Crippen LogP contribution in [0.3, 0.4) is 0 Å². The number of sulfonamides is 1. The van der Waals surface area contributed by atoms with Crippen molar-refractivity contribution in [2.24, 2.45) is 0 Å². The largest absolute Gasteiger partial charge is 0.377 e. The third-order valence-electron chi connectivity index (χ3n) is 3.87. The standard InChI is InChI=1S/C17H15BrN2O3S/c18-15-5-1-13(2-6-15)14-3-7-17(8-4-14)24(21,22)20-9-10-23-12-16(20)11-19/h1-8,16H,9-10,12H2/t16-/m0/s1. The van der Waals surface area contributed by atoms with Gasteiger partial charge in [0, 0.05) is 11.0 Å². The fraction of sp³-hybridized carbons (Fsp3) is 0.235. The third kappa shape index (κ3) is 3.37. The van der Waals surface area contributed by atoms with E-state index in [-0.39, 0.29) is 18.0 Å². The number of halogens is 1. The molecule has 1 atom stereocenters. The average molecular weight is 407 g/mol. The summed E-state index contributed by atoms with van der Waals surface area (Å²) < 4.78 is 32.9. The Bertz CT molecular complexity index is 858. The van der Waals surface area contributed by atoms with Gasteiger partial charge in [-0.2, -0.15) is 9.57 Å². The van der Waals surface area contributed by atoms with Crippen molar-refractivity contribution in [2.75, 3.05) is 19.8 Å². The second kappa shape index (κ2) is 7.03. The highest BCUT2D eigenvalue weighted by atomic mass is 79.9. The lowest BCUT2D eigenvalue weighted by molar-refractivity contribution is 0.0511. The number of nitriles is 1. The normalized spacial score (nSPS) is 18.9. The van der Waals surface area contributed by atoms with Crippen molar-refractivity contribution in [1.29, 1.82) is 5.26 Å². The second-order valence-electron chi connectivity index (χ2n) is 5.37. The molecule has 0 saturated carbocycles. The van der Waals surface area contributed by atoms with E-state index in [1.54, 1.807) is 24.3 Å². The molecule has 0 N–H and O–H groups in total. The summed E-state index contributed by atoms with van der Waals surface area (Å²) in [6.45, 7) is 0.593. The lowest BCUT2D eigenvalue weighted by atomic mass is 10.1. The molecule has 3 rings (SSSR count). The molecule has 0 amide bonds. The summed E-state index contributed by atoms with van der Waals surface area (Å²) in [6, 6.07) is 15.7. The number of rotatable bonds is 3. The molecule has 1 heterocycles. The van der Waals surface area contributed by atoms with Gasteiger partial charge in [-0.3, -0.25) is 0 Å². The van der Waals surface area contributed by atoms with Crippen molar-refractivity contribution in [3.05, 3.63) is 53.0 Å². The Hall–Kier alpha value is -1.72. The minimum Gasteiger partial charge on any atom is -0.377 e. The SMILES string of the molecule is N#C[C@H]1COCCN1S(=O)(=O)c1ccc(-c2ccc(Br)cc2)cc1. The van der Waals surface area contributed by atoms with Crippen molar-refractivity contribution in [3.63, 3.8) is 0 Å². The zero-order valence-corrected chi connectivity index (χ0v) is 15.1. The van der Waals surface area contributed by atoms with Crippen LogP contribution in [-0.2, 0) is 14.8 Å². The van der Waals surface area contributed by atoms with Crippen LogP contribution in [0.2, 0.25) is 0 Å². The van der Waals surface area contributed by atoms with E-state index < -0.39 is 16.1 Å². The summed E-state index contributed by atoms with van der Waals surface area (Å²) in [6.07, 6.45) is 0. The van der Waals surface area contributed by atoms with Crippen LogP contribution in [0, 0.1) is 11.3 Å². The van der Waals surface area contributed by atoms with Crippen molar-refractivity contribution in [3.8, 4) is 17.2 Å². The average Bonchev–Trinajstić information content (AvgIpc) is 2.62. The van der Waals surface area contributed by atoms with Gasteiger partial charge in [-0.1, -0.05) is 40.2 Å². The number of ether oxygens (including phenoxy) is 1. The zero-order valence-electron chi connectivity index (χ0n) is 12.7. The van der Waals surface area contributed by atoms with Gasteiger partial charge in [0.05, 0.1) is 24.2 Å². The minimum atomic E-state index is -3.71. The Morgan fingerprint density at radius 2 is 1.67 bits per heavy atom. The van der Waals surface area contributed by atoms with Gasteiger partial charge < -0.3 is 4.74 Å². The van der Waals surface area contributed by atoms with Crippen LogP contribution >= 0.6 is 15.9 Å². The zero-order chi connectivity index (χ0) is 17.2. The molecule has 24 heavy (non-hydrogen) atoms. The Kier molecular flexibility index (Phi) is 5.01. The van der Waals surface area contributed by atoms with E-state index in [1.165, 1.54) is 4.31 Å². The molecule has 124 valence electrons. The van der Waals surface area contributed by atoms with Gasteiger partial charge in [0.2, 0.25) is 10.0 Å². The van der Waals surface area contributed by atoms with Gasteiger partial charge in [-0.05, 0) is 35.4 Å². The Balaban J connectivity index is 1.89. The fourth-order valence-corrected chi connectivity index (χ4v) is 4.35. The van der Waals surface area contributed by atoms with Gasteiger partial charge in [0.1, 0.15) is 6.04 Å². The van der Waals surface area contributed by atoms with Crippen LogP contribution in [0.4, 0.5) is 0 Å². The number of morpholine rings is 1. The van der Waals surface area contributed by atoms with Gasteiger partial charge in [-0.25, -0.2) is 8.42 Å². The van der Waals surface area contributed by atoms with Crippen LogP contribution in [-0.4, -0.2) is 38.5 Å². The van der Waals surface area contributed by atoms with Crippen molar-refractivity contribution >= 4 is 26.0 Å². The molecule has 0 bridgehead atoms. The number of hydrogen-bond donors (Lipinski definition) is 0. The number of nitrogens with zero attached hydrogens (tertiary/aromatic N) is 2. The summed E-state index contributed by atoms with van der Waals surface area (Å²) in [4.78, 5) is 0.186. The maximum Gasteiger partial charge on any atom is 0.244 e. The van der Waals surface area contributed by atoms with E-state index in [4.69, 9.17) is 10.00 Å².